The molecule has 0 radical (unpaired) electrons. The van der Waals surface area contributed by atoms with E-state index >= 15 is 0 Å². The van der Waals surface area contributed by atoms with Crippen molar-refractivity contribution in [2.24, 2.45) is 5.92 Å². The van der Waals surface area contributed by atoms with Gasteiger partial charge >= 0.3 is 0 Å². The minimum atomic E-state index is -0.324. The number of hydrogen-bond acceptors (Lipinski definition) is 2. The SMILES string of the molecule is CC(C[N+](C)(C)C)C(=O)c1ccc2c(c1)C1(CC1)C(=O)N2.[I-]. The summed E-state index contributed by atoms with van der Waals surface area (Å²) in [6, 6.07) is 5.66. The summed E-state index contributed by atoms with van der Waals surface area (Å²) in [5.41, 5.74) is 2.32. The van der Waals surface area contributed by atoms with Crippen LogP contribution in [-0.2, 0) is 10.2 Å². The molecule has 1 aliphatic carbocycles. The predicted molar refractivity (Wildman–Crippen MR) is 82.4 cm³/mol. The van der Waals surface area contributed by atoms with Gasteiger partial charge in [0.05, 0.1) is 39.0 Å². The number of anilines is 1. The fourth-order valence-electron chi connectivity index (χ4n) is 3.38. The standard InChI is InChI=1S/C17H22N2O2.HI/c1-11(10-19(2,3)4)15(20)12-5-6-14-13(9-12)17(7-8-17)16(21)18-14;/h5-6,9,11H,7-8,10H2,1-4H3;1H. The van der Waals surface area contributed by atoms with Crippen LogP contribution in [0.1, 0.15) is 35.7 Å². The Kier molecular flexibility index (Phi) is 4.43. The number of nitrogens with one attached hydrogen (secondary N) is 1. The van der Waals surface area contributed by atoms with Crippen LogP contribution >= 0.6 is 0 Å². The van der Waals surface area contributed by atoms with Crippen molar-refractivity contribution >= 4 is 17.4 Å². The van der Waals surface area contributed by atoms with Gasteiger partial charge in [-0.1, -0.05) is 0 Å². The average Bonchev–Trinajstić information content (AvgIpc) is 3.12. The number of rotatable bonds is 4. The van der Waals surface area contributed by atoms with Crippen LogP contribution in [0.5, 0.6) is 0 Å². The van der Waals surface area contributed by atoms with E-state index in [1.165, 1.54) is 0 Å². The average molecular weight is 414 g/mol. The number of benzene rings is 1. The molecule has 5 heteroatoms. The summed E-state index contributed by atoms with van der Waals surface area (Å²) in [5, 5.41) is 2.93. The zero-order chi connectivity index (χ0) is 15.4. The van der Waals surface area contributed by atoms with Gasteiger partial charge in [0.25, 0.3) is 0 Å². The monoisotopic (exact) mass is 414 g/mol. The number of Topliss-reactive ketones (excluding diaryl/α,β-unsaturated/α-hetero) is 1. The first-order valence-corrected chi connectivity index (χ1v) is 7.54. The van der Waals surface area contributed by atoms with E-state index in [0.29, 0.717) is 0 Å². The van der Waals surface area contributed by atoms with Crippen molar-refractivity contribution in [2.75, 3.05) is 33.0 Å². The second-order valence-electron chi connectivity index (χ2n) is 7.53. The third-order valence-corrected chi connectivity index (χ3v) is 4.52. The van der Waals surface area contributed by atoms with Crippen LogP contribution in [0.25, 0.3) is 0 Å². The van der Waals surface area contributed by atoms with Crippen molar-refractivity contribution in [1.29, 1.82) is 0 Å². The minimum absolute atomic E-state index is 0. The molecule has 1 aromatic rings. The Morgan fingerprint density at radius 3 is 2.50 bits per heavy atom. The molecule has 1 aliphatic heterocycles. The highest BCUT2D eigenvalue weighted by Gasteiger charge is 2.56. The normalized spacial score (nSPS) is 19.2. The van der Waals surface area contributed by atoms with Gasteiger partial charge in [-0.2, -0.15) is 0 Å². The lowest BCUT2D eigenvalue weighted by Gasteiger charge is -2.27. The second kappa shape index (κ2) is 5.60. The third-order valence-electron chi connectivity index (χ3n) is 4.52. The van der Waals surface area contributed by atoms with E-state index in [1.54, 1.807) is 0 Å². The van der Waals surface area contributed by atoms with Crippen LogP contribution in [0.15, 0.2) is 18.2 Å². The fourth-order valence-corrected chi connectivity index (χ4v) is 3.38. The van der Waals surface area contributed by atoms with Gasteiger partial charge in [-0.15, -0.1) is 0 Å². The van der Waals surface area contributed by atoms with Gasteiger partial charge < -0.3 is 33.8 Å². The highest BCUT2D eigenvalue weighted by molar-refractivity contribution is 6.09. The first kappa shape index (κ1) is 17.4. The van der Waals surface area contributed by atoms with E-state index in [9.17, 15) is 9.59 Å². The Balaban J connectivity index is 0.00000176. The third kappa shape index (κ3) is 2.93. The molecule has 1 spiro atoms. The molecule has 1 fully saturated rings. The highest BCUT2D eigenvalue weighted by Crippen LogP contribution is 2.55. The molecule has 1 saturated carbocycles. The van der Waals surface area contributed by atoms with Crippen LogP contribution in [0.3, 0.4) is 0 Å². The van der Waals surface area contributed by atoms with E-state index in [2.05, 4.69) is 26.5 Å². The van der Waals surface area contributed by atoms with Crippen molar-refractivity contribution in [2.45, 2.75) is 25.2 Å². The van der Waals surface area contributed by atoms with Crippen LogP contribution < -0.4 is 29.3 Å². The summed E-state index contributed by atoms with van der Waals surface area (Å²) in [6.45, 7) is 2.79. The molecule has 4 nitrogen and oxygen atoms in total. The Morgan fingerprint density at radius 1 is 1.32 bits per heavy atom. The maximum absolute atomic E-state index is 12.6. The first-order chi connectivity index (χ1) is 9.73. The van der Waals surface area contributed by atoms with Gasteiger partial charge in [-0.3, -0.25) is 9.59 Å². The zero-order valence-corrected chi connectivity index (χ0v) is 15.7. The minimum Gasteiger partial charge on any atom is -1.00 e. The highest BCUT2D eigenvalue weighted by atomic mass is 127. The topological polar surface area (TPSA) is 46.2 Å². The number of carbonyl (C=O) groups excluding carboxylic acids is 2. The van der Waals surface area contributed by atoms with Crippen molar-refractivity contribution in [3.8, 4) is 0 Å². The summed E-state index contributed by atoms with van der Waals surface area (Å²) in [6.07, 6.45) is 1.80. The maximum atomic E-state index is 12.6. The number of ketones is 1. The van der Waals surface area contributed by atoms with Crippen LogP contribution in [0.2, 0.25) is 0 Å². The van der Waals surface area contributed by atoms with Crippen molar-refractivity contribution in [1.82, 2.24) is 0 Å². The van der Waals surface area contributed by atoms with Crippen molar-refractivity contribution < 1.29 is 38.0 Å². The van der Waals surface area contributed by atoms with Gasteiger partial charge in [-0.05, 0) is 43.5 Å². The molecule has 1 aromatic carbocycles. The van der Waals surface area contributed by atoms with Crippen LogP contribution in [0.4, 0.5) is 5.69 Å². The molecule has 1 unspecified atom stereocenters. The summed E-state index contributed by atoms with van der Waals surface area (Å²) in [4.78, 5) is 24.6. The number of quaternary nitrogens is 1. The van der Waals surface area contributed by atoms with E-state index in [0.717, 1.165) is 40.7 Å². The number of hydrogen-bond donors (Lipinski definition) is 1. The molecule has 3 rings (SSSR count). The fraction of sp³-hybridized carbons (Fsp3) is 0.529. The lowest BCUT2D eigenvalue weighted by Crippen LogP contribution is -3.00. The summed E-state index contributed by atoms with van der Waals surface area (Å²) < 4.78 is 0.766. The molecule has 1 N–H and O–H groups in total. The number of nitrogens with zero attached hydrogens (tertiary/aromatic N) is 1. The quantitative estimate of drug-likeness (QED) is 0.399. The molecule has 0 aromatic heterocycles. The molecular weight excluding hydrogens is 391 g/mol. The number of halogens is 1. The molecule has 0 bridgehead atoms. The number of fused-ring (bicyclic) bond motifs is 2. The Bertz CT molecular complexity index is 630. The lowest BCUT2D eigenvalue weighted by molar-refractivity contribution is -0.872. The number of amides is 1. The Morgan fingerprint density at radius 2 is 1.95 bits per heavy atom. The van der Waals surface area contributed by atoms with Crippen LogP contribution in [-0.4, -0.2) is 43.9 Å². The molecule has 1 atom stereocenters. The molecule has 0 saturated heterocycles. The smallest absolute Gasteiger partial charge is 0.235 e. The van der Waals surface area contributed by atoms with Gasteiger partial charge in [0.1, 0.15) is 0 Å². The molecular formula is C17H23IN2O2. The predicted octanol–water partition coefficient (Wildman–Crippen LogP) is -0.801. The molecule has 1 amide bonds. The van der Waals surface area contributed by atoms with Gasteiger partial charge in [0, 0.05) is 11.3 Å². The van der Waals surface area contributed by atoms with Gasteiger partial charge in [0.15, 0.2) is 5.78 Å². The zero-order valence-electron chi connectivity index (χ0n) is 13.6. The Hall–Kier alpha value is -0.950. The maximum Gasteiger partial charge on any atom is 0.235 e. The van der Waals surface area contributed by atoms with E-state index < -0.39 is 0 Å². The van der Waals surface area contributed by atoms with Crippen molar-refractivity contribution in [3.63, 3.8) is 0 Å². The molecule has 2 aliphatic rings. The van der Waals surface area contributed by atoms with E-state index in [1.807, 2.05) is 25.1 Å². The lowest BCUT2D eigenvalue weighted by atomic mass is 9.92. The number of carbonyl (C=O) groups is 2. The molecule has 22 heavy (non-hydrogen) atoms. The largest absolute Gasteiger partial charge is 1.00 e. The summed E-state index contributed by atoms with van der Waals surface area (Å²) in [7, 11) is 6.27. The van der Waals surface area contributed by atoms with Gasteiger partial charge in [-0.25, -0.2) is 0 Å². The van der Waals surface area contributed by atoms with Crippen LogP contribution in [0, 0.1) is 5.92 Å². The van der Waals surface area contributed by atoms with E-state index in [4.69, 9.17) is 0 Å². The van der Waals surface area contributed by atoms with Gasteiger partial charge in [0.2, 0.25) is 5.91 Å². The summed E-state index contributed by atoms with van der Waals surface area (Å²) >= 11 is 0. The second-order valence-corrected chi connectivity index (χ2v) is 7.53. The molecule has 120 valence electrons. The molecule has 1 heterocycles. The van der Waals surface area contributed by atoms with E-state index in [-0.39, 0.29) is 47.0 Å². The van der Waals surface area contributed by atoms with Crippen molar-refractivity contribution in [3.05, 3.63) is 29.3 Å². The Labute approximate surface area is 148 Å². The first-order valence-electron chi connectivity index (χ1n) is 7.54. The summed E-state index contributed by atoms with van der Waals surface area (Å²) in [5.74, 6) is 0.241.